The first kappa shape index (κ1) is 15.8. The second-order valence-corrected chi connectivity index (χ2v) is 8.83. The molecule has 1 aromatic rings. The lowest BCUT2D eigenvalue weighted by molar-refractivity contribution is 0.0199. The molecule has 3 nitrogen and oxygen atoms in total. The van der Waals surface area contributed by atoms with Crippen LogP contribution >= 0.6 is 27.3 Å². The number of halogens is 1. The second kappa shape index (κ2) is 6.06. The lowest BCUT2D eigenvalue weighted by Crippen LogP contribution is -2.42. The van der Waals surface area contributed by atoms with Gasteiger partial charge in [-0.1, -0.05) is 0 Å². The molecule has 1 aromatic heterocycles. The summed E-state index contributed by atoms with van der Waals surface area (Å²) in [7, 11) is 0. The normalized spacial score (nSPS) is 20.1. The zero-order valence-electron chi connectivity index (χ0n) is 12.5. The first-order valence-electron chi connectivity index (χ1n) is 7.00. The molecule has 5 heteroatoms. The molecule has 1 aliphatic rings. The van der Waals surface area contributed by atoms with Crippen LogP contribution in [0.1, 0.15) is 50.0 Å². The van der Waals surface area contributed by atoms with Crippen LogP contribution in [0, 0.1) is 6.92 Å². The highest BCUT2D eigenvalue weighted by Crippen LogP contribution is 2.37. The lowest BCUT2D eigenvalue weighted by Gasteiger charge is -2.34. The Morgan fingerprint density at radius 2 is 2.20 bits per heavy atom. The molecular formula is C15H22BrNO2S. The molecule has 1 aliphatic heterocycles. The third-order valence-corrected chi connectivity index (χ3v) is 5.27. The van der Waals surface area contributed by atoms with E-state index in [4.69, 9.17) is 4.74 Å². The molecule has 0 radical (unpaired) electrons. The van der Waals surface area contributed by atoms with Crippen LogP contribution in [0.25, 0.3) is 0 Å². The molecule has 20 heavy (non-hydrogen) atoms. The first-order valence-corrected chi connectivity index (χ1v) is 8.61. The summed E-state index contributed by atoms with van der Waals surface area (Å²) in [6.45, 7) is 9.44. The smallest absolute Gasteiger partial charge is 0.410 e. The van der Waals surface area contributed by atoms with Crippen LogP contribution in [0.2, 0.25) is 0 Å². The Kier molecular flexibility index (Phi) is 4.80. The molecule has 2 rings (SSSR count). The van der Waals surface area contributed by atoms with Crippen molar-refractivity contribution in [3.8, 4) is 0 Å². The largest absolute Gasteiger partial charge is 0.444 e. The maximum absolute atomic E-state index is 12.2. The van der Waals surface area contributed by atoms with Gasteiger partial charge in [0, 0.05) is 23.9 Å². The van der Waals surface area contributed by atoms with Crippen LogP contribution in [-0.4, -0.2) is 29.7 Å². The maximum Gasteiger partial charge on any atom is 0.410 e. The highest BCUT2D eigenvalue weighted by molar-refractivity contribution is 9.11. The molecule has 0 N–H and O–H groups in total. The van der Waals surface area contributed by atoms with E-state index in [9.17, 15) is 4.79 Å². The fourth-order valence-electron chi connectivity index (χ4n) is 2.55. The number of nitrogens with zero attached hydrogens (tertiary/aromatic N) is 1. The minimum atomic E-state index is -0.425. The van der Waals surface area contributed by atoms with Crippen LogP contribution < -0.4 is 0 Å². The number of carbonyl (C=O) groups excluding carboxylic acids is 1. The van der Waals surface area contributed by atoms with E-state index in [0.29, 0.717) is 5.92 Å². The fourth-order valence-corrected chi connectivity index (χ4v) is 4.44. The Labute approximate surface area is 133 Å². The van der Waals surface area contributed by atoms with Gasteiger partial charge in [0.25, 0.3) is 0 Å². The quantitative estimate of drug-likeness (QED) is 0.710. The SMILES string of the molecule is Cc1cc(Br)sc1C1CCCN(C(=O)OC(C)(C)C)C1. The van der Waals surface area contributed by atoms with Crippen molar-refractivity contribution in [1.82, 2.24) is 4.90 Å². The Morgan fingerprint density at radius 1 is 1.50 bits per heavy atom. The predicted octanol–water partition coefficient (Wildman–Crippen LogP) is 4.93. The Balaban J connectivity index is 2.05. The van der Waals surface area contributed by atoms with E-state index in [2.05, 4.69) is 28.9 Å². The molecule has 0 saturated carbocycles. The van der Waals surface area contributed by atoms with Gasteiger partial charge in [-0.3, -0.25) is 0 Å². The molecule has 2 heterocycles. The summed E-state index contributed by atoms with van der Waals surface area (Å²) in [5, 5.41) is 0. The van der Waals surface area contributed by atoms with Gasteiger partial charge in [0.1, 0.15) is 5.60 Å². The van der Waals surface area contributed by atoms with Crippen molar-refractivity contribution in [2.45, 2.75) is 52.1 Å². The van der Waals surface area contributed by atoms with Gasteiger partial charge in [0.15, 0.2) is 0 Å². The molecule has 0 aromatic carbocycles. The van der Waals surface area contributed by atoms with E-state index >= 15 is 0 Å². The standard InChI is InChI=1S/C15H22BrNO2S/c1-10-8-12(16)20-13(10)11-6-5-7-17(9-11)14(18)19-15(2,3)4/h8,11H,5-7,9H2,1-4H3. The number of ether oxygens (including phenoxy) is 1. The lowest BCUT2D eigenvalue weighted by atomic mass is 9.95. The Morgan fingerprint density at radius 3 is 2.75 bits per heavy atom. The van der Waals surface area contributed by atoms with Crippen molar-refractivity contribution in [3.05, 3.63) is 20.3 Å². The molecule has 0 aliphatic carbocycles. The predicted molar refractivity (Wildman–Crippen MR) is 86.5 cm³/mol. The van der Waals surface area contributed by atoms with Gasteiger partial charge in [0.05, 0.1) is 3.79 Å². The van der Waals surface area contributed by atoms with Crippen LogP contribution in [0.15, 0.2) is 9.85 Å². The van der Waals surface area contributed by atoms with Crippen LogP contribution in [0.3, 0.4) is 0 Å². The van der Waals surface area contributed by atoms with Crippen molar-refractivity contribution in [1.29, 1.82) is 0 Å². The van der Waals surface area contributed by atoms with Crippen LogP contribution in [0.5, 0.6) is 0 Å². The second-order valence-electron chi connectivity index (χ2n) is 6.36. The van der Waals surface area contributed by atoms with Crippen molar-refractivity contribution >= 4 is 33.4 Å². The van der Waals surface area contributed by atoms with Gasteiger partial charge in [-0.25, -0.2) is 4.79 Å². The van der Waals surface area contributed by atoms with E-state index < -0.39 is 5.60 Å². The number of piperidine rings is 1. The molecule has 112 valence electrons. The molecule has 1 unspecified atom stereocenters. The molecule has 0 spiro atoms. The fraction of sp³-hybridized carbons (Fsp3) is 0.667. The highest BCUT2D eigenvalue weighted by atomic mass is 79.9. The first-order chi connectivity index (χ1) is 9.26. The van der Waals surface area contributed by atoms with Crippen molar-refractivity contribution in [2.24, 2.45) is 0 Å². The van der Waals surface area contributed by atoms with Gasteiger partial charge in [-0.2, -0.15) is 0 Å². The number of amides is 1. The van der Waals surface area contributed by atoms with Gasteiger partial charge in [-0.15, -0.1) is 11.3 Å². The van der Waals surface area contributed by atoms with Crippen molar-refractivity contribution < 1.29 is 9.53 Å². The topological polar surface area (TPSA) is 29.5 Å². The number of hydrogen-bond donors (Lipinski definition) is 0. The van der Waals surface area contributed by atoms with Crippen LogP contribution in [0.4, 0.5) is 4.79 Å². The summed E-state index contributed by atoms with van der Waals surface area (Å²) < 4.78 is 6.64. The van der Waals surface area contributed by atoms with E-state index in [1.54, 1.807) is 11.3 Å². The zero-order valence-corrected chi connectivity index (χ0v) is 14.9. The molecule has 1 amide bonds. The number of aryl methyl sites for hydroxylation is 1. The van der Waals surface area contributed by atoms with Gasteiger partial charge in [0.2, 0.25) is 0 Å². The Bertz CT molecular complexity index is 493. The van der Waals surface area contributed by atoms with Crippen molar-refractivity contribution in [2.75, 3.05) is 13.1 Å². The zero-order chi connectivity index (χ0) is 14.9. The number of hydrogen-bond acceptors (Lipinski definition) is 3. The summed E-state index contributed by atoms with van der Waals surface area (Å²) in [5.74, 6) is 0.438. The third kappa shape index (κ3) is 3.98. The number of likely N-dealkylation sites (tertiary alicyclic amines) is 1. The molecule has 1 atom stereocenters. The summed E-state index contributed by atoms with van der Waals surface area (Å²) in [5.41, 5.74) is 0.893. The summed E-state index contributed by atoms with van der Waals surface area (Å²) >= 11 is 5.33. The maximum atomic E-state index is 12.2. The van der Waals surface area contributed by atoms with E-state index in [1.807, 2.05) is 25.7 Å². The Hall–Kier alpha value is -0.550. The van der Waals surface area contributed by atoms with Crippen LogP contribution in [-0.2, 0) is 4.74 Å². The molecule has 1 fully saturated rings. The van der Waals surface area contributed by atoms with Crippen molar-refractivity contribution in [3.63, 3.8) is 0 Å². The highest BCUT2D eigenvalue weighted by Gasteiger charge is 2.29. The summed E-state index contributed by atoms with van der Waals surface area (Å²) in [4.78, 5) is 15.4. The van der Waals surface area contributed by atoms with E-state index in [0.717, 1.165) is 25.9 Å². The number of rotatable bonds is 1. The van der Waals surface area contributed by atoms with Gasteiger partial charge >= 0.3 is 6.09 Å². The monoisotopic (exact) mass is 359 g/mol. The minimum absolute atomic E-state index is 0.185. The average Bonchev–Trinajstić information content (AvgIpc) is 2.66. The average molecular weight is 360 g/mol. The van der Waals surface area contributed by atoms with Gasteiger partial charge < -0.3 is 9.64 Å². The third-order valence-electron chi connectivity index (χ3n) is 3.37. The van der Waals surface area contributed by atoms with E-state index in [1.165, 1.54) is 14.2 Å². The van der Waals surface area contributed by atoms with Gasteiger partial charge in [-0.05, 0) is 68.1 Å². The molecule has 1 saturated heterocycles. The number of carbonyl (C=O) groups is 1. The minimum Gasteiger partial charge on any atom is -0.444 e. The summed E-state index contributed by atoms with van der Waals surface area (Å²) in [6.07, 6.45) is 2.00. The summed E-state index contributed by atoms with van der Waals surface area (Å²) in [6, 6.07) is 2.16. The molecule has 0 bridgehead atoms. The van der Waals surface area contributed by atoms with E-state index in [-0.39, 0.29) is 6.09 Å². The molecular weight excluding hydrogens is 338 g/mol. The number of thiophene rings is 1.